The third-order valence-corrected chi connectivity index (χ3v) is 3.47. The van der Waals surface area contributed by atoms with Crippen LogP contribution >= 0.6 is 0 Å². The molecule has 0 spiro atoms. The fraction of sp³-hybridized carbons (Fsp3) is 0.231. The molecule has 7 heteroatoms. The molecule has 1 saturated heterocycles. The minimum absolute atomic E-state index is 0.0265. The van der Waals surface area contributed by atoms with Crippen molar-refractivity contribution in [3.05, 3.63) is 34.6 Å². The van der Waals surface area contributed by atoms with Crippen molar-refractivity contribution in [3.8, 4) is 0 Å². The summed E-state index contributed by atoms with van der Waals surface area (Å²) in [5.74, 6) is -3.83. The molecule has 2 aliphatic rings. The molecule has 0 radical (unpaired) electrons. The number of hydrogen-bond acceptors (Lipinski definition) is 4. The Bertz CT molecular complexity index is 683. The molecular weight excluding hydrogens is 267 g/mol. The highest BCUT2D eigenvalue weighted by Gasteiger charge is 2.34. The lowest BCUT2D eigenvalue weighted by Crippen LogP contribution is -2.39. The minimum atomic E-state index is -0.832. The molecule has 20 heavy (non-hydrogen) atoms. The van der Waals surface area contributed by atoms with E-state index in [2.05, 4.69) is 10.6 Å². The highest BCUT2D eigenvalue weighted by molar-refractivity contribution is 6.21. The molecule has 1 atom stereocenters. The van der Waals surface area contributed by atoms with Gasteiger partial charge in [-0.1, -0.05) is 0 Å². The zero-order valence-corrected chi connectivity index (χ0v) is 10.2. The molecule has 0 bridgehead atoms. The molecule has 2 N–H and O–H groups in total. The Morgan fingerprint density at radius 2 is 1.65 bits per heavy atom. The van der Waals surface area contributed by atoms with Gasteiger partial charge < -0.3 is 0 Å². The lowest BCUT2D eigenvalue weighted by Gasteiger charge is -2.21. The minimum Gasteiger partial charge on any atom is -0.296 e. The van der Waals surface area contributed by atoms with Crippen LogP contribution in [0.2, 0.25) is 0 Å². The molecule has 2 heterocycles. The number of benzene rings is 1. The summed E-state index contributed by atoms with van der Waals surface area (Å²) in [6.45, 7) is 0. The molecule has 3 rings (SSSR count). The highest BCUT2D eigenvalue weighted by atomic mass is 19.1. The van der Waals surface area contributed by atoms with Gasteiger partial charge in [-0.3, -0.25) is 29.8 Å². The van der Waals surface area contributed by atoms with Gasteiger partial charge in [-0.15, -0.1) is 0 Å². The van der Waals surface area contributed by atoms with E-state index in [1.165, 1.54) is 6.07 Å². The van der Waals surface area contributed by atoms with E-state index in [9.17, 15) is 23.6 Å². The zero-order valence-electron chi connectivity index (χ0n) is 10.2. The molecule has 1 aromatic carbocycles. The Balaban J connectivity index is 2.05. The maximum absolute atomic E-state index is 14.0. The van der Waals surface area contributed by atoms with Crippen molar-refractivity contribution in [1.29, 1.82) is 0 Å². The van der Waals surface area contributed by atoms with Crippen LogP contribution in [0.1, 0.15) is 45.0 Å². The standard InChI is InChI=1S/C13H9FN2O4/c14-9-4-8-7(12(19)16-13(8)20)3-6(9)5-1-2-10(17)15-11(5)18/h3-5H,1-2H2,(H,15,17,18)(H,16,19,20). The molecule has 0 aliphatic carbocycles. The van der Waals surface area contributed by atoms with Crippen LogP contribution in [0.4, 0.5) is 4.39 Å². The second kappa shape index (κ2) is 4.22. The summed E-state index contributed by atoms with van der Waals surface area (Å²) in [7, 11) is 0. The summed E-state index contributed by atoms with van der Waals surface area (Å²) in [6.07, 6.45) is 0.286. The lowest BCUT2D eigenvalue weighted by molar-refractivity contribution is -0.134. The molecule has 0 aromatic heterocycles. The average molecular weight is 276 g/mol. The van der Waals surface area contributed by atoms with Crippen LogP contribution in [0, 0.1) is 5.82 Å². The van der Waals surface area contributed by atoms with Crippen molar-refractivity contribution < 1.29 is 23.6 Å². The van der Waals surface area contributed by atoms with Crippen LogP contribution in [0.3, 0.4) is 0 Å². The maximum atomic E-state index is 14.0. The van der Waals surface area contributed by atoms with Crippen LogP contribution in [0.25, 0.3) is 0 Å². The number of halogens is 1. The summed E-state index contributed by atoms with van der Waals surface area (Å²) in [5, 5.41) is 4.19. The predicted molar refractivity (Wildman–Crippen MR) is 63.3 cm³/mol. The van der Waals surface area contributed by atoms with Crippen molar-refractivity contribution in [3.63, 3.8) is 0 Å². The summed E-state index contributed by atoms with van der Waals surface area (Å²) in [5.41, 5.74) is 0.0400. The Morgan fingerprint density at radius 1 is 1.00 bits per heavy atom. The molecule has 1 fully saturated rings. The number of carbonyl (C=O) groups is 4. The van der Waals surface area contributed by atoms with Crippen LogP contribution in [-0.2, 0) is 9.59 Å². The average Bonchev–Trinajstić information content (AvgIpc) is 2.64. The van der Waals surface area contributed by atoms with Gasteiger partial charge in [0.2, 0.25) is 11.8 Å². The van der Waals surface area contributed by atoms with Gasteiger partial charge >= 0.3 is 0 Å². The number of carbonyl (C=O) groups excluding carboxylic acids is 4. The van der Waals surface area contributed by atoms with Gasteiger partial charge in [0.25, 0.3) is 11.8 Å². The summed E-state index contributed by atoms with van der Waals surface area (Å²) in [6, 6.07) is 2.17. The normalized spacial score (nSPS) is 21.6. The molecule has 102 valence electrons. The van der Waals surface area contributed by atoms with Crippen LogP contribution in [-0.4, -0.2) is 23.6 Å². The van der Waals surface area contributed by atoms with E-state index in [0.717, 1.165) is 6.07 Å². The monoisotopic (exact) mass is 276 g/mol. The molecule has 1 aromatic rings. The Labute approximate surface area is 112 Å². The first kappa shape index (κ1) is 12.5. The quantitative estimate of drug-likeness (QED) is 0.718. The van der Waals surface area contributed by atoms with E-state index < -0.39 is 35.4 Å². The van der Waals surface area contributed by atoms with Crippen LogP contribution in [0.5, 0.6) is 0 Å². The molecular formula is C13H9FN2O4. The highest BCUT2D eigenvalue weighted by Crippen LogP contribution is 2.30. The third-order valence-electron chi connectivity index (χ3n) is 3.47. The number of piperidine rings is 1. The first-order valence-corrected chi connectivity index (χ1v) is 6.00. The number of hydrogen-bond donors (Lipinski definition) is 2. The SMILES string of the molecule is O=C1CCC(c2cc3c(cc2F)C(=O)NC3=O)C(=O)N1. The van der Waals surface area contributed by atoms with Crippen LogP contribution in [0.15, 0.2) is 12.1 Å². The largest absolute Gasteiger partial charge is 0.296 e. The fourth-order valence-electron chi connectivity index (χ4n) is 2.46. The molecule has 1 unspecified atom stereocenters. The van der Waals surface area contributed by atoms with Gasteiger partial charge in [-0.05, 0) is 18.6 Å². The Hall–Kier alpha value is -2.57. The van der Waals surface area contributed by atoms with E-state index in [1.807, 2.05) is 0 Å². The van der Waals surface area contributed by atoms with Crippen molar-refractivity contribution >= 4 is 23.6 Å². The van der Waals surface area contributed by atoms with E-state index in [0.29, 0.717) is 0 Å². The molecule has 0 saturated carbocycles. The number of fused-ring (bicyclic) bond motifs is 1. The maximum Gasteiger partial charge on any atom is 0.259 e. The van der Waals surface area contributed by atoms with Gasteiger partial charge in [0.05, 0.1) is 17.0 Å². The number of imide groups is 2. The summed E-state index contributed by atoms with van der Waals surface area (Å²) >= 11 is 0. The summed E-state index contributed by atoms with van der Waals surface area (Å²) < 4.78 is 14.0. The Morgan fingerprint density at radius 3 is 2.30 bits per heavy atom. The third kappa shape index (κ3) is 1.78. The second-order valence-electron chi connectivity index (χ2n) is 4.71. The zero-order chi connectivity index (χ0) is 14.4. The first-order valence-electron chi connectivity index (χ1n) is 6.00. The van der Waals surface area contributed by atoms with E-state index in [4.69, 9.17) is 0 Å². The lowest BCUT2D eigenvalue weighted by atomic mass is 9.88. The van der Waals surface area contributed by atoms with Crippen molar-refractivity contribution in [1.82, 2.24) is 10.6 Å². The Kier molecular flexibility index (Phi) is 2.63. The van der Waals surface area contributed by atoms with Crippen molar-refractivity contribution in [2.75, 3.05) is 0 Å². The molecule has 6 nitrogen and oxygen atoms in total. The van der Waals surface area contributed by atoms with Gasteiger partial charge in [0.1, 0.15) is 5.82 Å². The van der Waals surface area contributed by atoms with Gasteiger partial charge in [0.15, 0.2) is 0 Å². The summed E-state index contributed by atoms with van der Waals surface area (Å²) in [4.78, 5) is 45.8. The van der Waals surface area contributed by atoms with Crippen molar-refractivity contribution in [2.45, 2.75) is 18.8 Å². The first-order chi connectivity index (χ1) is 9.47. The number of amides is 4. The van der Waals surface area contributed by atoms with E-state index in [-0.39, 0.29) is 29.5 Å². The smallest absolute Gasteiger partial charge is 0.259 e. The molecule has 4 amide bonds. The van der Waals surface area contributed by atoms with E-state index >= 15 is 0 Å². The van der Waals surface area contributed by atoms with Gasteiger partial charge in [0, 0.05) is 12.0 Å². The van der Waals surface area contributed by atoms with Gasteiger partial charge in [-0.2, -0.15) is 0 Å². The second-order valence-corrected chi connectivity index (χ2v) is 4.71. The van der Waals surface area contributed by atoms with E-state index in [1.54, 1.807) is 0 Å². The number of nitrogens with one attached hydrogen (secondary N) is 2. The fourth-order valence-corrected chi connectivity index (χ4v) is 2.46. The van der Waals surface area contributed by atoms with Gasteiger partial charge in [-0.25, -0.2) is 4.39 Å². The van der Waals surface area contributed by atoms with Crippen molar-refractivity contribution in [2.24, 2.45) is 0 Å². The van der Waals surface area contributed by atoms with Crippen LogP contribution < -0.4 is 10.6 Å². The molecule has 2 aliphatic heterocycles. The topological polar surface area (TPSA) is 92.3 Å². The predicted octanol–water partition coefficient (Wildman–Crippen LogP) is 0.229. The number of rotatable bonds is 1.